The van der Waals surface area contributed by atoms with Gasteiger partial charge in [0.05, 0.1) is 11.9 Å². The van der Waals surface area contributed by atoms with E-state index in [0.717, 1.165) is 5.69 Å². The van der Waals surface area contributed by atoms with E-state index in [1.54, 1.807) is 6.20 Å². The van der Waals surface area contributed by atoms with Crippen molar-refractivity contribution in [2.45, 2.75) is 5.92 Å². The van der Waals surface area contributed by atoms with Gasteiger partial charge in [-0.15, -0.1) is 10.2 Å². The van der Waals surface area contributed by atoms with Crippen LogP contribution in [0.4, 0.5) is 0 Å². The van der Waals surface area contributed by atoms with Gasteiger partial charge in [0.2, 0.25) is 0 Å². The number of rotatable bonds is 1. The lowest BCUT2D eigenvalue weighted by Gasteiger charge is -2.08. The van der Waals surface area contributed by atoms with Crippen molar-refractivity contribution in [3.8, 4) is 0 Å². The minimum atomic E-state index is -1.10. The summed E-state index contributed by atoms with van der Waals surface area (Å²) in [5.74, 6) is -1.97. The van der Waals surface area contributed by atoms with Gasteiger partial charge in [-0.1, -0.05) is 36.4 Å². The van der Waals surface area contributed by atoms with Crippen LogP contribution in [-0.4, -0.2) is 27.2 Å². The minimum Gasteiger partial charge on any atom is -0.361 e. The normalized spacial score (nSPS) is 14.8. The number of carbonyl (C=O) groups excluding carboxylic acids is 2. The van der Waals surface area contributed by atoms with Gasteiger partial charge in [-0.2, -0.15) is 0 Å². The number of aromatic nitrogens is 3. The molecule has 2 amide bonds. The first-order chi connectivity index (χ1) is 10.1. The Kier molecular flexibility index (Phi) is 4.35. The molecule has 1 atom stereocenters. The highest BCUT2D eigenvalue weighted by Crippen LogP contribution is 2.33. The lowest BCUT2D eigenvalue weighted by Crippen LogP contribution is -2.29. The van der Waals surface area contributed by atoms with Crippen molar-refractivity contribution in [2.24, 2.45) is 11.5 Å². The average molecular weight is 283 g/mol. The molecular weight excluding hydrogens is 270 g/mol. The summed E-state index contributed by atoms with van der Waals surface area (Å²) in [6, 6.07) is 10.2. The molecule has 4 N–H and O–H groups in total. The summed E-state index contributed by atoms with van der Waals surface area (Å²) in [6.45, 7) is 0. The molecule has 0 saturated heterocycles. The molecule has 21 heavy (non-hydrogen) atoms. The summed E-state index contributed by atoms with van der Waals surface area (Å²) in [5.41, 5.74) is 12.1. The smallest absolute Gasteiger partial charge is 0.306 e. The fraction of sp³-hybridized carbons (Fsp3) is 0.0714. The largest absolute Gasteiger partial charge is 0.361 e. The second kappa shape index (κ2) is 6.38. The van der Waals surface area contributed by atoms with Gasteiger partial charge in [-0.3, -0.25) is 9.59 Å². The van der Waals surface area contributed by atoms with Crippen LogP contribution in [0.25, 0.3) is 6.08 Å². The zero-order chi connectivity index (χ0) is 15.2. The van der Waals surface area contributed by atoms with E-state index in [1.165, 1.54) is 11.1 Å². The molecule has 0 saturated carbocycles. The molecular formula is C14H13N5O2. The third-order valence-electron chi connectivity index (χ3n) is 2.88. The lowest BCUT2D eigenvalue weighted by atomic mass is 9.98. The van der Waals surface area contributed by atoms with Gasteiger partial charge in [0.1, 0.15) is 0 Å². The number of nitrogens with two attached hydrogens (primary N) is 2. The first-order valence-electron chi connectivity index (χ1n) is 6.10. The molecule has 0 aliphatic heterocycles. The van der Waals surface area contributed by atoms with Crippen LogP contribution in [0.5, 0.6) is 0 Å². The van der Waals surface area contributed by atoms with E-state index >= 15 is 0 Å². The molecule has 7 nitrogen and oxygen atoms in total. The van der Waals surface area contributed by atoms with Gasteiger partial charge in [-0.05, 0) is 22.4 Å². The van der Waals surface area contributed by atoms with Crippen molar-refractivity contribution < 1.29 is 9.59 Å². The second-order valence-electron chi connectivity index (χ2n) is 4.24. The van der Waals surface area contributed by atoms with Gasteiger partial charge in [-0.25, -0.2) is 0 Å². The molecule has 0 spiro atoms. The van der Waals surface area contributed by atoms with Crippen LogP contribution in [-0.2, 0) is 9.59 Å². The van der Waals surface area contributed by atoms with Crippen molar-refractivity contribution >= 4 is 17.9 Å². The van der Waals surface area contributed by atoms with Crippen LogP contribution < -0.4 is 11.5 Å². The summed E-state index contributed by atoms with van der Waals surface area (Å²) >= 11 is 0. The molecule has 0 bridgehead atoms. The Morgan fingerprint density at radius 2 is 1.76 bits per heavy atom. The maximum Gasteiger partial charge on any atom is 0.306 e. The highest BCUT2D eigenvalue weighted by Gasteiger charge is 2.19. The second-order valence-corrected chi connectivity index (χ2v) is 4.24. The topological polar surface area (TPSA) is 125 Å². The van der Waals surface area contributed by atoms with E-state index in [4.69, 9.17) is 0 Å². The standard InChI is InChI=1S/C12H9N3.C2H4N2O2/c1-2-4-10-9(3-1)5-6-11(10)12-7-8-13-15-14-12;3-1(5)2(4)6/h1-8,11H;(H2,3,5)(H2,4,6). The number of benzene rings is 1. The molecule has 1 aliphatic carbocycles. The molecule has 7 heteroatoms. The van der Waals surface area contributed by atoms with Crippen molar-refractivity contribution in [1.29, 1.82) is 0 Å². The number of hydrogen-bond donors (Lipinski definition) is 2. The van der Waals surface area contributed by atoms with Crippen molar-refractivity contribution in [2.75, 3.05) is 0 Å². The molecule has 1 aliphatic rings. The summed E-state index contributed by atoms with van der Waals surface area (Å²) in [6.07, 6.45) is 5.95. The Morgan fingerprint density at radius 1 is 1.05 bits per heavy atom. The average Bonchev–Trinajstić information content (AvgIpc) is 2.92. The minimum absolute atomic E-state index is 0.233. The number of amides is 2. The maximum atomic E-state index is 9.45. The van der Waals surface area contributed by atoms with Gasteiger partial charge < -0.3 is 11.5 Å². The molecule has 1 unspecified atom stereocenters. The van der Waals surface area contributed by atoms with Crippen LogP contribution in [0.2, 0.25) is 0 Å². The SMILES string of the molecule is C1=CC(c2ccnnn2)c2ccccc21.NC(=O)C(N)=O. The molecule has 3 rings (SSSR count). The Hall–Kier alpha value is -3.09. The van der Waals surface area contributed by atoms with Gasteiger partial charge >= 0.3 is 11.8 Å². The monoisotopic (exact) mass is 283 g/mol. The van der Waals surface area contributed by atoms with E-state index in [0.29, 0.717) is 0 Å². The fourth-order valence-corrected chi connectivity index (χ4v) is 1.92. The Balaban J connectivity index is 0.000000232. The lowest BCUT2D eigenvalue weighted by molar-refractivity contribution is -0.135. The summed E-state index contributed by atoms with van der Waals surface area (Å²) in [4.78, 5) is 18.9. The Bertz CT molecular complexity index is 673. The summed E-state index contributed by atoms with van der Waals surface area (Å²) < 4.78 is 0. The number of allylic oxidation sites excluding steroid dienone is 1. The van der Waals surface area contributed by atoms with E-state index < -0.39 is 11.8 Å². The van der Waals surface area contributed by atoms with E-state index in [9.17, 15) is 9.59 Å². The Morgan fingerprint density at radius 3 is 2.38 bits per heavy atom. The molecule has 0 fully saturated rings. The predicted molar refractivity (Wildman–Crippen MR) is 75.5 cm³/mol. The number of primary amides is 2. The number of fused-ring (bicyclic) bond motifs is 1. The van der Waals surface area contributed by atoms with Gasteiger partial charge in [0.15, 0.2) is 0 Å². The number of nitrogens with zero attached hydrogens (tertiary/aromatic N) is 3. The fourth-order valence-electron chi connectivity index (χ4n) is 1.92. The third-order valence-corrected chi connectivity index (χ3v) is 2.88. The summed E-state index contributed by atoms with van der Waals surface area (Å²) in [7, 11) is 0. The van der Waals surface area contributed by atoms with Crippen molar-refractivity contribution in [3.63, 3.8) is 0 Å². The molecule has 106 valence electrons. The zero-order valence-corrected chi connectivity index (χ0v) is 11.0. The highest BCUT2D eigenvalue weighted by molar-refractivity contribution is 6.33. The molecule has 1 aromatic heterocycles. The first-order valence-corrected chi connectivity index (χ1v) is 6.10. The highest BCUT2D eigenvalue weighted by atomic mass is 16.2. The quantitative estimate of drug-likeness (QED) is 0.712. The van der Waals surface area contributed by atoms with Crippen molar-refractivity contribution in [1.82, 2.24) is 15.4 Å². The zero-order valence-electron chi connectivity index (χ0n) is 11.0. The molecule has 0 radical (unpaired) electrons. The maximum absolute atomic E-state index is 9.45. The first kappa shape index (κ1) is 14.3. The Labute approximate surface area is 120 Å². The predicted octanol–water partition coefficient (Wildman–Crippen LogP) is -0.0127. The van der Waals surface area contributed by atoms with E-state index in [-0.39, 0.29) is 5.92 Å². The van der Waals surface area contributed by atoms with E-state index in [1.807, 2.05) is 18.2 Å². The van der Waals surface area contributed by atoms with Crippen LogP contribution in [0.3, 0.4) is 0 Å². The van der Waals surface area contributed by atoms with Gasteiger partial charge in [0.25, 0.3) is 0 Å². The van der Waals surface area contributed by atoms with Crippen molar-refractivity contribution in [3.05, 3.63) is 59.4 Å². The number of carbonyl (C=O) groups is 2. The van der Waals surface area contributed by atoms with Crippen LogP contribution >= 0.6 is 0 Å². The molecule has 1 aromatic carbocycles. The summed E-state index contributed by atoms with van der Waals surface area (Å²) in [5, 5.41) is 11.4. The van der Waals surface area contributed by atoms with Crippen LogP contribution in [0.1, 0.15) is 22.7 Å². The third kappa shape index (κ3) is 3.47. The van der Waals surface area contributed by atoms with Crippen LogP contribution in [0, 0.1) is 0 Å². The molecule has 2 aromatic rings. The number of hydrogen-bond acceptors (Lipinski definition) is 5. The van der Waals surface area contributed by atoms with E-state index in [2.05, 4.69) is 51.2 Å². The molecule has 1 heterocycles. The van der Waals surface area contributed by atoms with Crippen LogP contribution in [0.15, 0.2) is 42.6 Å². The van der Waals surface area contributed by atoms with Gasteiger partial charge in [0, 0.05) is 5.92 Å².